The first kappa shape index (κ1) is 20.9. The van der Waals surface area contributed by atoms with Crippen LogP contribution in [-0.4, -0.2) is 36.5 Å². The molecule has 1 aromatic carbocycles. The van der Waals surface area contributed by atoms with Gasteiger partial charge in [0.25, 0.3) is 0 Å². The topological polar surface area (TPSA) is 32.3 Å². The van der Waals surface area contributed by atoms with Gasteiger partial charge in [-0.2, -0.15) is 0 Å². The smallest absolute Gasteiger partial charge is 0.227 e. The van der Waals surface area contributed by atoms with Crippen LogP contribution in [0.1, 0.15) is 83.1 Å². The van der Waals surface area contributed by atoms with Gasteiger partial charge >= 0.3 is 0 Å². The molecule has 2 aliphatic heterocycles. The van der Waals surface area contributed by atoms with Gasteiger partial charge in [-0.3, -0.25) is 4.79 Å². The van der Waals surface area contributed by atoms with Gasteiger partial charge in [0.15, 0.2) is 0 Å². The number of rotatable bonds is 7. The Kier molecular flexibility index (Phi) is 6.06. The molecule has 3 atom stereocenters. The summed E-state index contributed by atoms with van der Waals surface area (Å²) in [6.07, 6.45) is 11.2. The summed E-state index contributed by atoms with van der Waals surface area (Å²) in [5, 5.41) is 3.34. The van der Waals surface area contributed by atoms with Crippen LogP contribution in [0.25, 0.3) is 0 Å². The van der Waals surface area contributed by atoms with Crippen LogP contribution in [0, 0.1) is 17.3 Å². The van der Waals surface area contributed by atoms with Gasteiger partial charge in [-0.25, -0.2) is 0 Å². The molecule has 1 amide bonds. The molecule has 4 aliphatic rings. The predicted octanol–water partition coefficient (Wildman–Crippen LogP) is 5.37. The summed E-state index contributed by atoms with van der Waals surface area (Å²) in [4.78, 5) is 15.9. The highest BCUT2D eigenvalue weighted by Gasteiger charge is 2.63. The first-order valence-corrected chi connectivity index (χ1v) is 12.0. The third-order valence-electron chi connectivity index (χ3n) is 8.98. The SMILES string of the molecule is CN1CCC2CC1(CCCNC(=O)C(c1ccccc1)C1CCCCC1)C2(C)C. The van der Waals surface area contributed by atoms with Crippen LogP contribution in [0.15, 0.2) is 30.3 Å². The van der Waals surface area contributed by atoms with Crippen LogP contribution in [0.5, 0.6) is 0 Å². The van der Waals surface area contributed by atoms with Crippen molar-refractivity contribution in [3.05, 3.63) is 35.9 Å². The quantitative estimate of drug-likeness (QED) is 0.629. The number of amides is 1. The normalized spacial score (nSPS) is 30.4. The molecular weight excluding hydrogens is 356 g/mol. The lowest BCUT2D eigenvalue weighted by Gasteiger charge is -2.70. The minimum atomic E-state index is 0.0246. The first-order valence-electron chi connectivity index (χ1n) is 12.0. The van der Waals surface area contributed by atoms with E-state index in [-0.39, 0.29) is 11.8 Å². The molecule has 2 heterocycles. The molecule has 3 unspecified atom stereocenters. The van der Waals surface area contributed by atoms with Crippen LogP contribution in [0.4, 0.5) is 0 Å². The van der Waals surface area contributed by atoms with Crippen LogP contribution < -0.4 is 5.32 Å². The number of nitrogens with one attached hydrogen (secondary N) is 1. The number of piperidine rings is 2. The van der Waals surface area contributed by atoms with Crippen molar-refractivity contribution in [2.45, 2.75) is 83.1 Å². The number of hydrogen-bond acceptors (Lipinski definition) is 2. The molecule has 160 valence electrons. The van der Waals surface area contributed by atoms with Gasteiger partial charge in [-0.15, -0.1) is 0 Å². The third kappa shape index (κ3) is 3.76. The second-order valence-corrected chi connectivity index (χ2v) is 10.5. The van der Waals surface area contributed by atoms with Crippen LogP contribution >= 0.6 is 0 Å². The number of fused-ring (bicyclic) bond motifs is 2. The standard InChI is InChI=1S/C26H40N2O/c1-25(2)22-15-18-28(3)26(25,19-22)16-10-17-27-24(29)23(20-11-6-4-7-12-20)21-13-8-5-9-14-21/h4,6-7,11-12,21-23H,5,8-10,13-19H2,1-3H3,(H,27,29). The van der Waals surface area contributed by atoms with Gasteiger partial charge in [-0.1, -0.05) is 63.4 Å². The van der Waals surface area contributed by atoms with E-state index in [2.05, 4.69) is 55.4 Å². The van der Waals surface area contributed by atoms with Gasteiger partial charge in [0.1, 0.15) is 0 Å². The zero-order valence-corrected chi connectivity index (χ0v) is 18.8. The largest absolute Gasteiger partial charge is 0.356 e. The fourth-order valence-electron chi connectivity index (χ4n) is 6.93. The fraction of sp³-hybridized carbons (Fsp3) is 0.731. The molecule has 3 nitrogen and oxygen atoms in total. The van der Waals surface area contributed by atoms with Crippen molar-refractivity contribution >= 4 is 5.91 Å². The Balaban J connectivity index is 1.35. The number of carbonyl (C=O) groups is 1. The Hall–Kier alpha value is -1.35. The van der Waals surface area contributed by atoms with E-state index in [4.69, 9.17) is 0 Å². The highest BCUT2D eigenvalue weighted by molar-refractivity contribution is 5.84. The molecule has 2 aliphatic carbocycles. The molecule has 0 spiro atoms. The second-order valence-electron chi connectivity index (χ2n) is 10.5. The molecule has 2 bridgehead atoms. The van der Waals surface area contributed by atoms with E-state index in [1.165, 1.54) is 63.5 Å². The molecule has 2 saturated heterocycles. The molecular formula is C26H40N2O. The maximum absolute atomic E-state index is 13.3. The maximum atomic E-state index is 13.3. The highest BCUT2D eigenvalue weighted by atomic mass is 16.1. The Morgan fingerprint density at radius 3 is 2.52 bits per heavy atom. The maximum Gasteiger partial charge on any atom is 0.227 e. The monoisotopic (exact) mass is 396 g/mol. The molecule has 4 fully saturated rings. The zero-order valence-electron chi connectivity index (χ0n) is 18.8. The van der Waals surface area contributed by atoms with Crippen LogP contribution in [0.2, 0.25) is 0 Å². The van der Waals surface area contributed by atoms with E-state index in [1.54, 1.807) is 0 Å². The van der Waals surface area contributed by atoms with E-state index in [9.17, 15) is 4.79 Å². The van der Waals surface area contributed by atoms with Crippen molar-refractivity contribution in [2.24, 2.45) is 17.3 Å². The van der Waals surface area contributed by atoms with E-state index >= 15 is 0 Å². The molecule has 1 aromatic rings. The number of benzene rings is 1. The van der Waals surface area contributed by atoms with E-state index in [0.717, 1.165) is 18.9 Å². The minimum Gasteiger partial charge on any atom is -0.356 e. The van der Waals surface area contributed by atoms with Crippen LogP contribution in [-0.2, 0) is 4.79 Å². The Bertz CT molecular complexity index is 694. The summed E-state index contributed by atoms with van der Waals surface area (Å²) < 4.78 is 0. The Labute approximate surface area is 177 Å². The minimum absolute atomic E-state index is 0.0246. The van der Waals surface area contributed by atoms with Crippen molar-refractivity contribution in [1.82, 2.24) is 10.2 Å². The van der Waals surface area contributed by atoms with Crippen molar-refractivity contribution in [3.8, 4) is 0 Å². The number of hydrogen-bond donors (Lipinski definition) is 1. The summed E-state index contributed by atoms with van der Waals surface area (Å²) in [6, 6.07) is 10.5. The Morgan fingerprint density at radius 2 is 1.86 bits per heavy atom. The molecule has 29 heavy (non-hydrogen) atoms. The average molecular weight is 397 g/mol. The molecule has 5 rings (SSSR count). The van der Waals surface area contributed by atoms with Crippen LogP contribution in [0.3, 0.4) is 0 Å². The van der Waals surface area contributed by atoms with Gasteiger partial charge in [0, 0.05) is 12.1 Å². The lowest BCUT2D eigenvalue weighted by Crippen LogP contribution is -2.72. The second kappa shape index (κ2) is 8.41. The Morgan fingerprint density at radius 1 is 1.14 bits per heavy atom. The summed E-state index contributed by atoms with van der Waals surface area (Å²) in [6.45, 7) is 6.97. The summed E-state index contributed by atoms with van der Waals surface area (Å²) in [5.74, 6) is 1.67. The van der Waals surface area contributed by atoms with E-state index < -0.39 is 0 Å². The molecule has 3 heteroatoms. The van der Waals surface area contributed by atoms with Crippen molar-refractivity contribution in [2.75, 3.05) is 20.1 Å². The summed E-state index contributed by atoms with van der Waals surface area (Å²) >= 11 is 0. The lowest BCUT2D eigenvalue weighted by atomic mass is 9.45. The zero-order chi connectivity index (χ0) is 20.5. The average Bonchev–Trinajstić information content (AvgIpc) is 2.73. The lowest BCUT2D eigenvalue weighted by molar-refractivity contribution is -0.188. The van der Waals surface area contributed by atoms with Gasteiger partial charge in [0.2, 0.25) is 5.91 Å². The van der Waals surface area contributed by atoms with Crippen molar-refractivity contribution in [1.29, 1.82) is 0 Å². The van der Waals surface area contributed by atoms with Gasteiger partial charge in [0.05, 0.1) is 5.92 Å². The highest BCUT2D eigenvalue weighted by Crippen LogP contribution is 2.63. The summed E-state index contributed by atoms with van der Waals surface area (Å²) in [5.41, 5.74) is 1.96. The summed E-state index contributed by atoms with van der Waals surface area (Å²) in [7, 11) is 2.31. The van der Waals surface area contributed by atoms with Crippen molar-refractivity contribution < 1.29 is 4.79 Å². The number of nitrogens with zero attached hydrogens (tertiary/aromatic N) is 1. The molecule has 1 N–H and O–H groups in total. The van der Waals surface area contributed by atoms with Crippen molar-refractivity contribution in [3.63, 3.8) is 0 Å². The van der Waals surface area contributed by atoms with E-state index in [1.807, 2.05) is 6.07 Å². The number of carbonyl (C=O) groups excluding carboxylic acids is 1. The predicted molar refractivity (Wildman–Crippen MR) is 120 cm³/mol. The molecule has 2 saturated carbocycles. The third-order valence-corrected chi connectivity index (χ3v) is 8.98. The molecule has 0 aromatic heterocycles. The molecule has 0 radical (unpaired) electrons. The first-order chi connectivity index (χ1) is 14.0. The van der Waals surface area contributed by atoms with Gasteiger partial charge < -0.3 is 10.2 Å². The van der Waals surface area contributed by atoms with E-state index in [0.29, 0.717) is 16.9 Å². The van der Waals surface area contributed by atoms with Gasteiger partial charge in [-0.05, 0) is 74.9 Å². The fourth-order valence-corrected chi connectivity index (χ4v) is 6.93.